The number of hydrogen-bond acceptors (Lipinski definition) is 5. The lowest BCUT2D eigenvalue weighted by atomic mass is 10.0. The van der Waals surface area contributed by atoms with Gasteiger partial charge in [0.15, 0.2) is 11.5 Å². The minimum absolute atomic E-state index is 0.0130. The van der Waals surface area contributed by atoms with Crippen LogP contribution in [-0.2, 0) is 21.4 Å². The molecular weight excluding hydrogens is 428 g/mol. The standard InChI is InChI=1S/C21H27ClN2O5S/c1-5-18(15-10-11-19(28-2)20(12-15)29-3)23-21(25)14-24(30(4,26)27)13-16-8-6-7-9-17(16)22/h6-12,18H,5,13-14H2,1-4H3,(H,23,25)/t18-/m1/s1. The van der Waals surface area contributed by atoms with Crippen LogP contribution < -0.4 is 14.8 Å². The zero-order chi connectivity index (χ0) is 22.3. The van der Waals surface area contributed by atoms with Crippen molar-refractivity contribution in [2.24, 2.45) is 0 Å². The summed E-state index contributed by atoms with van der Waals surface area (Å²) in [6.45, 7) is 1.63. The highest BCUT2D eigenvalue weighted by Crippen LogP contribution is 2.31. The Morgan fingerprint density at radius 2 is 1.80 bits per heavy atom. The van der Waals surface area contributed by atoms with E-state index in [1.807, 2.05) is 13.0 Å². The smallest absolute Gasteiger partial charge is 0.235 e. The van der Waals surface area contributed by atoms with E-state index in [0.717, 1.165) is 16.1 Å². The van der Waals surface area contributed by atoms with Crippen molar-refractivity contribution < 1.29 is 22.7 Å². The van der Waals surface area contributed by atoms with Crippen molar-refractivity contribution in [1.29, 1.82) is 0 Å². The SMILES string of the molecule is CC[C@@H](NC(=O)CN(Cc1ccccc1Cl)S(C)(=O)=O)c1ccc(OC)c(OC)c1. The van der Waals surface area contributed by atoms with E-state index in [2.05, 4.69) is 5.32 Å². The highest BCUT2D eigenvalue weighted by Gasteiger charge is 2.23. The molecule has 0 heterocycles. The fraction of sp³-hybridized carbons (Fsp3) is 0.381. The minimum Gasteiger partial charge on any atom is -0.493 e. The fourth-order valence-corrected chi connectivity index (χ4v) is 3.92. The number of amides is 1. The van der Waals surface area contributed by atoms with Crippen LogP contribution in [0.1, 0.15) is 30.5 Å². The predicted molar refractivity (Wildman–Crippen MR) is 117 cm³/mol. The molecule has 7 nitrogen and oxygen atoms in total. The summed E-state index contributed by atoms with van der Waals surface area (Å²) in [6.07, 6.45) is 1.69. The number of halogens is 1. The monoisotopic (exact) mass is 454 g/mol. The molecule has 0 aliphatic carbocycles. The van der Waals surface area contributed by atoms with Gasteiger partial charge >= 0.3 is 0 Å². The van der Waals surface area contributed by atoms with Gasteiger partial charge in [-0.3, -0.25) is 4.79 Å². The molecule has 2 rings (SSSR count). The van der Waals surface area contributed by atoms with Crippen LogP contribution in [0.15, 0.2) is 42.5 Å². The first-order valence-electron chi connectivity index (χ1n) is 9.39. The summed E-state index contributed by atoms with van der Waals surface area (Å²) in [7, 11) is -0.532. The zero-order valence-electron chi connectivity index (χ0n) is 17.5. The normalized spacial score (nSPS) is 12.5. The van der Waals surface area contributed by atoms with Crippen LogP contribution in [0.4, 0.5) is 0 Å². The second kappa shape index (κ2) is 10.7. The van der Waals surface area contributed by atoms with Crippen molar-refractivity contribution in [3.05, 3.63) is 58.6 Å². The van der Waals surface area contributed by atoms with Crippen molar-refractivity contribution in [2.45, 2.75) is 25.9 Å². The van der Waals surface area contributed by atoms with E-state index >= 15 is 0 Å². The summed E-state index contributed by atoms with van der Waals surface area (Å²) in [5.41, 5.74) is 1.46. The predicted octanol–water partition coefficient (Wildman–Crippen LogP) is 3.39. The average Bonchev–Trinajstić information content (AvgIpc) is 2.71. The Kier molecular flexibility index (Phi) is 8.52. The van der Waals surface area contributed by atoms with Crippen LogP contribution >= 0.6 is 11.6 Å². The molecule has 0 unspecified atom stereocenters. The summed E-state index contributed by atoms with van der Waals surface area (Å²) in [6, 6.07) is 12.0. The summed E-state index contributed by atoms with van der Waals surface area (Å²) in [5.74, 6) is 0.735. The summed E-state index contributed by atoms with van der Waals surface area (Å²) >= 11 is 6.15. The number of carbonyl (C=O) groups excluding carboxylic acids is 1. The molecule has 164 valence electrons. The van der Waals surface area contributed by atoms with Crippen molar-refractivity contribution in [3.63, 3.8) is 0 Å². The van der Waals surface area contributed by atoms with E-state index in [0.29, 0.717) is 28.5 Å². The van der Waals surface area contributed by atoms with Gasteiger partial charge in [0.25, 0.3) is 0 Å². The summed E-state index contributed by atoms with van der Waals surface area (Å²) < 4.78 is 36.1. The average molecular weight is 455 g/mol. The second-order valence-corrected chi connectivity index (χ2v) is 9.15. The Morgan fingerprint density at radius 3 is 2.37 bits per heavy atom. The summed E-state index contributed by atoms with van der Waals surface area (Å²) in [5, 5.41) is 3.35. The number of nitrogens with one attached hydrogen (secondary N) is 1. The van der Waals surface area contributed by atoms with E-state index in [9.17, 15) is 13.2 Å². The van der Waals surface area contributed by atoms with Gasteiger partial charge in [0.2, 0.25) is 15.9 Å². The van der Waals surface area contributed by atoms with E-state index in [1.54, 1.807) is 50.6 Å². The number of nitrogens with zero attached hydrogens (tertiary/aromatic N) is 1. The van der Waals surface area contributed by atoms with Gasteiger partial charge in [-0.05, 0) is 35.7 Å². The van der Waals surface area contributed by atoms with E-state index in [-0.39, 0.29) is 19.1 Å². The Bertz CT molecular complexity index is 981. The lowest BCUT2D eigenvalue weighted by Crippen LogP contribution is -2.41. The van der Waals surface area contributed by atoms with Gasteiger partial charge in [0.05, 0.1) is 33.1 Å². The highest BCUT2D eigenvalue weighted by molar-refractivity contribution is 7.88. The quantitative estimate of drug-likeness (QED) is 0.594. The largest absolute Gasteiger partial charge is 0.493 e. The topological polar surface area (TPSA) is 84.9 Å². The molecule has 1 atom stereocenters. The first kappa shape index (κ1) is 24.0. The third-order valence-corrected chi connectivity index (χ3v) is 6.21. The van der Waals surface area contributed by atoms with Gasteiger partial charge in [-0.15, -0.1) is 0 Å². The number of rotatable bonds is 10. The third-order valence-electron chi connectivity index (χ3n) is 4.65. The molecule has 0 spiro atoms. The van der Waals surface area contributed by atoms with Crippen molar-refractivity contribution in [2.75, 3.05) is 27.0 Å². The number of sulfonamides is 1. The van der Waals surface area contributed by atoms with Crippen LogP contribution in [0.3, 0.4) is 0 Å². The zero-order valence-corrected chi connectivity index (χ0v) is 19.1. The molecule has 1 N–H and O–H groups in total. The first-order valence-corrected chi connectivity index (χ1v) is 11.6. The molecule has 0 bridgehead atoms. The number of carbonyl (C=O) groups is 1. The second-order valence-electron chi connectivity index (χ2n) is 6.77. The highest BCUT2D eigenvalue weighted by atomic mass is 35.5. The molecule has 2 aromatic carbocycles. The first-order chi connectivity index (χ1) is 14.2. The van der Waals surface area contributed by atoms with Crippen LogP contribution in [0.5, 0.6) is 11.5 Å². The Labute approximate surface area is 183 Å². The van der Waals surface area contributed by atoms with Gasteiger partial charge in [-0.25, -0.2) is 8.42 Å². The molecule has 0 aromatic heterocycles. The number of ether oxygens (including phenoxy) is 2. The number of methoxy groups -OCH3 is 2. The van der Waals surface area contributed by atoms with Gasteiger partial charge < -0.3 is 14.8 Å². The van der Waals surface area contributed by atoms with E-state index in [1.165, 1.54) is 0 Å². The Hall–Kier alpha value is -2.29. The molecule has 2 aromatic rings. The fourth-order valence-electron chi connectivity index (χ4n) is 3.00. The van der Waals surface area contributed by atoms with Crippen LogP contribution in [0.25, 0.3) is 0 Å². The molecule has 9 heteroatoms. The van der Waals surface area contributed by atoms with E-state index in [4.69, 9.17) is 21.1 Å². The van der Waals surface area contributed by atoms with Crippen molar-refractivity contribution >= 4 is 27.5 Å². The molecule has 0 aliphatic rings. The van der Waals surface area contributed by atoms with Gasteiger partial charge in [-0.2, -0.15) is 4.31 Å². The lowest BCUT2D eigenvalue weighted by Gasteiger charge is -2.23. The third kappa shape index (κ3) is 6.35. The molecular formula is C21H27ClN2O5S. The molecule has 0 fully saturated rings. The van der Waals surface area contributed by atoms with Crippen LogP contribution in [0, 0.1) is 0 Å². The number of benzene rings is 2. The van der Waals surface area contributed by atoms with Gasteiger partial charge in [-0.1, -0.05) is 42.8 Å². The Morgan fingerprint density at radius 1 is 1.13 bits per heavy atom. The van der Waals surface area contributed by atoms with Gasteiger partial charge in [0.1, 0.15) is 0 Å². The molecule has 0 radical (unpaired) electrons. The molecule has 0 saturated carbocycles. The van der Waals surface area contributed by atoms with Crippen molar-refractivity contribution in [3.8, 4) is 11.5 Å². The number of hydrogen-bond donors (Lipinski definition) is 1. The molecule has 0 aliphatic heterocycles. The van der Waals surface area contributed by atoms with Crippen molar-refractivity contribution in [1.82, 2.24) is 9.62 Å². The maximum atomic E-state index is 12.7. The minimum atomic E-state index is -3.62. The molecule has 30 heavy (non-hydrogen) atoms. The van der Waals surface area contributed by atoms with Crippen LogP contribution in [-0.4, -0.2) is 45.7 Å². The lowest BCUT2D eigenvalue weighted by molar-refractivity contribution is -0.122. The molecule has 0 saturated heterocycles. The summed E-state index contributed by atoms with van der Waals surface area (Å²) in [4.78, 5) is 12.7. The van der Waals surface area contributed by atoms with Crippen LogP contribution in [0.2, 0.25) is 5.02 Å². The Balaban J connectivity index is 2.16. The van der Waals surface area contributed by atoms with E-state index < -0.39 is 15.9 Å². The maximum absolute atomic E-state index is 12.7. The maximum Gasteiger partial charge on any atom is 0.235 e. The molecule has 1 amide bonds. The van der Waals surface area contributed by atoms with Gasteiger partial charge in [0, 0.05) is 11.6 Å².